The van der Waals surface area contributed by atoms with Crippen molar-refractivity contribution >= 4 is 11.9 Å². The fourth-order valence-electron chi connectivity index (χ4n) is 5.11. The Balaban J connectivity index is 1.96. The van der Waals surface area contributed by atoms with Gasteiger partial charge in [-0.1, -0.05) is 27.7 Å². The third-order valence-corrected chi connectivity index (χ3v) is 8.63. The van der Waals surface area contributed by atoms with E-state index in [2.05, 4.69) is 20.8 Å². The van der Waals surface area contributed by atoms with E-state index >= 15 is 0 Å². The normalized spacial score (nSPS) is 30.1. The number of hydrogen-bond donors (Lipinski definition) is 1. The summed E-state index contributed by atoms with van der Waals surface area (Å²) in [7, 11) is 0. The van der Waals surface area contributed by atoms with E-state index < -0.39 is 10.8 Å². The molecule has 2 fully saturated rings. The lowest BCUT2D eigenvalue weighted by Gasteiger charge is -2.39. The summed E-state index contributed by atoms with van der Waals surface area (Å²) < 4.78 is 11.4. The summed E-state index contributed by atoms with van der Waals surface area (Å²) in [4.78, 5) is 25.6. The summed E-state index contributed by atoms with van der Waals surface area (Å²) >= 11 is 0. The summed E-state index contributed by atoms with van der Waals surface area (Å²) in [6.45, 7) is 14.9. The second-order valence-corrected chi connectivity index (χ2v) is 11.0. The lowest BCUT2D eigenvalue weighted by molar-refractivity contribution is -0.169. The lowest BCUT2D eigenvalue weighted by Crippen LogP contribution is -2.41. The van der Waals surface area contributed by atoms with E-state index in [1.54, 1.807) is 0 Å². The highest BCUT2D eigenvalue weighted by Crippen LogP contribution is 2.66. The second-order valence-electron chi connectivity index (χ2n) is 11.0. The maximum absolute atomic E-state index is 13.1. The van der Waals surface area contributed by atoms with Crippen molar-refractivity contribution in [3.63, 3.8) is 0 Å². The molecule has 0 saturated heterocycles. The van der Waals surface area contributed by atoms with Crippen molar-refractivity contribution in [1.29, 1.82) is 0 Å². The van der Waals surface area contributed by atoms with Crippen LogP contribution in [0.5, 0.6) is 0 Å². The summed E-state index contributed by atoms with van der Waals surface area (Å²) in [5.74, 6) is 0.227. The van der Waals surface area contributed by atoms with Crippen molar-refractivity contribution in [2.75, 3.05) is 13.2 Å². The van der Waals surface area contributed by atoms with Crippen molar-refractivity contribution < 1.29 is 24.2 Å². The van der Waals surface area contributed by atoms with Crippen molar-refractivity contribution in [3.8, 4) is 0 Å². The van der Waals surface area contributed by atoms with Crippen molar-refractivity contribution in [1.82, 2.24) is 0 Å². The molecule has 0 aromatic carbocycles. The molecule has 2 aliphatic carbocycles. The highest BCUT2D eigenvalue weighted by Gasteiger charge is 2.63. The largest absolute Gasteiger partial charge is 0.465 e. The Bertz CT molecular complexity index is 610. The molecular formula is C24H42O5. The second kappa shape index (κ2) is 8.56. The fraction of sp³-hybridized carbons (Fsp3) is 0.917. The molecule has 0 spiro atoms. The Morgan fingerprint density at radius 2 is 1.76 bits per heavy atom. The van der Waals surface area contributed by atoms with Gasteiger partial charge < -0.3 is 14.6 Å². The summed E-state index contributed by atoms with van der Waals surface area (Å²) in [5.41, 5.74) is -1.02. The number of carbonyl (C=O) groups is 2. The van der Waals surface area contributed by atoms with E-state index in [-0.39, 0.29) is 42.1 Å². The van der Waals surface area contributed by atoms with Crippen LogP contribution in [-0.2, 0) is 19.1 Å². The first kappa shape index (κ1) is 24.2. The van der Waals surface area contributed by atoms with Crippen LogP contribution in [0.1, 0.15) is 93.4 Å². The lowest BCUT2D eigenvalue weighted by atomic mass is 9.70. The Kier molecular flexibility index (Phi) is 7.14. The number of aliphatic hydroxyl groups excluding tert-OH is 1. The zero-order valence-electron chi connectivity index (χ0n) is 19.6. The van der Waals surface area contributed by atoms with Crippen LogP contribution < -0.4 is 0 Å². The summed E-state index contributed by atoms with van der Waals surface area (Å²) in [5, 5.41) is 8.87. The predicted octanol–water partition coefficient (Wildman–Crippen LogP) is 4.89. The van der Waals surface area contributed by atoms with Crippen molar-refractivity contribution in [2.45, 2.75) is 99.5 Å². The molecule has 2 rings (SSSR count). The van der Waals surface area contributed by atoms with E-state index in [9.17, 15) is 9.59 Å². The van der Waals surface area contributed by atoms with Crippen LogP contribution in [0.25, 0.3) is 0 Å². The minimum Gasteiger partial charge on any atom is -0.465 e. The Hall–Kier alpha value is -1.10. The highest BCUT2D eigenvalue weighted by molar-refractivity contribution is 5.78. The molecule has 4 atom stereocenters. The minimum atomic E-state index is -0.649. The van der Waals surface area contributed by atoms with Gasteiger partial charge in [0.2, 0.25) is 0 Å². The molecule has 2 bridgehead atoms. The van der Waals surface area contributed by atoms with Gasteiger partial charge in [0.05, 0.1) is 17.4 Å². The van der Waals surface area contributed by atoms with Gasteiger partial charge in [-0.05, 0) is 70.6 Å². The van der Waals surface area contributed by atoms with Gasteiger partial charge in [-0.3, -0.25) is 9.59 Å². The SMILES string of the molecule is CCC(C)(CCC(C)(C)C(=O)O[C@H]1C[C@@H]2CCC1(C)C2(C)C)C(=O)OCCCO. The molecular weight excluding hydrogens is 368 g/mol. The van der Waals surface area contributed by atoms with Crippen LogP contribution in [-0.4, -0.2) is 36.4 Å². The average molecular weight is 411 g/mol. The number of aliphatic hydroxyl groups is 1. The van der Waals surface area contributed by atoms with Crippen molar-refractivity contribution in [2.24, 2.45) is 27.6 Å². The molecule has 0 aromatic rings. The Morgan fingerprint density at radius 3 is 2.24 bits per heavy atom. The number of rotatable bonds is 10. The molecule has 2 saturated carbocycles. The Labute approximate surface area is 176 Å². The van der Waals surface area contributed by atoms with Crippen LogP contribution in [0.2, 0.25) is 0 Å². The van der Waals surface area contributed by atoms with Crippen LogP contribution in [0.4, 0.5) is 0 Å². The number of ether oxygens (including phenoxy) is 2. The van der Waals surface area contributed by atoms with E-state index in [1.165, 1.54) is 6.42 Å². The van der Waals surface area contributed by atoms with Gasteiger partial charge in [-0.2, -0.15) is 0 Å². The van der Waals surface area contributed by atoms with E-state index in [4.69, 9.17) is 14.6 Å². The van der Waals surface area contributed by atoms with E-state index in [0.717, 1.165) is 12.8 Å². The highest BCUT2D eigenvalue weighted by atomic mass is 16.5. The first-order valence-electron chi connectivity index (χ1n) is 11.3. The van der Waals surface area contributed by atoms with Gasteiger partial charge in [0.25, 0.3) is 0 Å². The number of carbonyl (C=O) groups excluding carboxylic acids is 2. The first-order valence-corrected chi connectivity index (χ1v) is 11.3. The monoisotopic (exact) mass is 410 g/mol. The van der Waals surface area contributed by atoms with Gasteiger partial charge in [0, 0.05) is 18.4 Å². The van der Waals surface area contributed by atoms with E-state index in [0.29, 0.717) is 31.6 Å². The topological polar surface area (TPSA) is 72.8 Å². The molecule has 0 radical (unpaired) electrons. The number of fused-ring (bicyclic) bond motifs is 2. The molecule has 2 aliphatic rings. The molecule has 0 aliphatic heterocycles. The molecule has 168 valence electrons. The van der Waals surface area contributed by atoms with Gasteiger partial charge in [0.15, 0.2) is 0 Å². The number of esters is 2. The van der Waals surface area contributed by atoms with Crippen LogP contribution in [0.3, 0.4) is 0 Å². The third kappa shape index (κ3) is 4.50. The van der Waals surface area contributed by atoms with Gasteiger partial charge >= 0.3 is 11.9 Å². The zero-order chi connectivity index (χ0) is 22.1. The maximum Gasteiger partial charge on any atom is 0.311 e. The molecule has 29 heavy (non-hydrogen) atoms. The third-order valence-electron chi connectivity index (χ3n) is 8.63. The van der Waals surface area contributed by atoms with E-state index in [1.807, 2.05) is 27.7 Å². The first-order chi connectivity index (χ1) is 13.3. The quantitative estimate of drug-likeness (QED) is 0.410. The molecule has 1 N–H and O–H groups in total. The molecule has 2 unspecified atom stereocenters. The van der Waals surface area contributed by atoms with Crippen LogP contribution >= 0.6 is 0 Å². The van der Waals surface area contributed by atoms with Crippen molar-refractivity contribution in [3.05, 3.63) is 0 Å². The standard InChI is InChI=1S/C24H42O5/c1-8-23(6,20(27)28-15-9-14-25)13-12-21(2,3)19(26)29-18-16-17-10-11-24(18,7)22(17,4)5/h17-18,25H,8-16H2,1-7H3/t17-,18-,23?,24?/m0/s1. The van der Waals surface area contributed by atoms with Gasteiger partial charge in [-0.15, -0.1) is 0 Å². The summed E-state index contributed by atoms with van der Waals surface area (Å²) in [6.07, 6.45) is 5.54. The summed E-state index contributed by atoms with van der Waals surface area (Å²) in [6, 6.07) is 0. The van der Waals surface area contributed by atoms with Gasteiger partial charge in [-0.25, -0.2) is 0 Å². The smallest absolute Gasteiger partial charge is 0.311 e. The fourth-order valence-corrected chi connectivity index (χ4v) is 5.11. The van der Waals surface area contributed by atoms with Crippen LogP contribution in [0, 0.1) is 27.6 Å². The molecule has 5 nitrogen and oxygen atoms in total. The minimum absolute atomic E-state index is 0.00669. The average Bonchev–Trinajstić information content (AvgIpc) is 2.99. The zero-order valence-corrected chi connectivity index (χ0v) is 19.6. The molecule has 0 heterocycles. The molecule has 0 aromatic heterocycles. The van der Waals surface area contributed by atoms with Gasteiger partial charge in [0.1, 0.15) is 6.10 Å². The number of hydrogen-bond acceptors (Lipinski definition) is 5. The Morgan fingerprint density at radius 1 is 1.10 bits per heavy atom. The molecule has 0 amide bonds. The maximum atomic E-state index is 13.1. The molecule has 5 heteroatoms. The van der Waals surface area contributed by atoms with Crippen LogP contribution in [0.15, 0.2) is 0 Å². The predicted molar refractivity (Wildman–Crippen MR) is 113 cm³/mol.